The quantitative estimate of drug-likeness (QED) is 0.695. The highest BCUT2D eigenvalue weighted by Crippen LogP contribution is 2.28. The average Bonchev–Trinajstić information content (AvgIpc) is 3.32. The second-order valence-electron chi connectivity index (χ2n) is 9.06. The molecule has 1 aliphatic heterocycles. The number of rotatable bonds is 8. The van der Waals surface area contributed by atoms with Gasteiger partial charge >= 0.3 is 0 Å². The van der Waals surface area contributed by atoms with Crippen LogP contribution in [0.1, 0.15) is 53.0 Å². The van der Waals surface area contributed by atoms with Crippen molar-refractivity contribution in [2.45, 2.75) is 78.0 Å². The largest absolute Gasteiger partial charge is 0.464 e. The van der Waals surface area contributed by atoms with Crippen molar-refractivity contribution in [1.82, 2.24) is 15.5 Å². The third kappa shape index (κ3) is 5.04. The Labute approximate surface area is 179 Å². The molecule has 6 nitrogen and oxygen atoms in total. The minimum absolute atomic E-state index is 0.0173. The Kier molecular flexibility index (Phi) is 7.19. The van der Waals surface area contributed by atoms with E-state index in [-0.39, 0.29) is 35.9 Å². The van der Waals surface area contributed by atoms with Crippen molar-refractivity contribution >= 4 is 22.8 Å². The topological polar surface area (TPSA) is 74.6 Å². The summed E-state index contributed by atoms with van der Waals surface area (Å²) in [5.41, 5.74) is 2.01. The maximum Gasteiger partial charge on any atom is 0.245 e. The predicted molar refractivity (Wildman–Crippen MR) is 119 cm³/mol. The number of nitrogens with one attached hydrogen (secondary N) is 2. The van der Waals surface area contributed by atoms with Gasteiger partial charge in [0.2, 0.25) is 11.8 Å². The second-order valence-corrected chi connectivity index (χ2v) is 9.06. The molecule has 30 heavy (non-hydrogen) atoms. The summed E-state index contributed by atoms with van der Waals surface area (Å²) in [6, 6.07) is 7.47. The molecule has 3 rings (SSSR count). The van der Waals surface area contributed by atoms with Crippen molar-refractivity contribution in [3.8, 4) is 0 Å². The van der Waals surface area contributed by atoms with E-state index in [4.69, 9.17) is 4.42 Å². The molecule has 2 amide bonds. The molecule has 0 radical (unpaired) electrons. The lowest BCUT2D eigenvalue weighted by Gasteiger charge is -2.32. The van der Waals surface area contributed by atoms with Gasteiger partial charge in [0.05, 0.1) is 12.3 Å². The van der Waals surface area contributed by atoms with E-state index in [0.29, 0.717) is 0 Å². The smallest absolute Gasteiger partial charge is 0.245 e. The molecule has 1 aromatic carbocycles. The van der Waals surface area contributed by atoms with Crippen molar-refractivity contribution in [1.29, 1.82) is 0 Å². The number of benzene rings is 1. The summed E-state index contributed by atoms with van der Waals surface area (Å²) in [7, 11) is 0. The van der Waals surface area contributed by atoms with Crippen LogP contribution in [-0.4, -0.2) is 47.4 Å². The average molecular weight is 414 g/mol. The van der Waals surface area contributed by atoms with Gasteiger partial charge in [-0.1, -0.05) is 45.9 Å². The summed E-state index contributed by atoms with van der Waals surface area (Å²) in [5, 5.41) is 7.31. The monoisotopic (exact) mass is 413 g/mol. The molecule has 1 fully saturated rings. The Morgan fingerprint density at radius 2 is 1.90 bits per heavy atom. The number of fused-ring (bicyclic) bond motifs is 1. The van der Waals surface area contributed by atoms with E-state index >= 15 is 0 Å². The first-order valence-corrected chi connectivity index (χ1v) is 11.1. The highest BCUT2D eigenvalue weighted by molar-refractivity contribution is 5.90. The van der Waals surface area contributed by atoms with Crippen molar-refractivity contribution < 1.29 is 14.0 Å². The molecular formula is C24H35N3O3. The number of hydrogen-bond acceptors (Lipinski definition) is 4. The molecule has 2 heterocycles. The van der Waals surface area contributed by atoms with Crippen molar-refractivity contribution in [2.75, 3.05) is 6.54 Å². The standard InChI is InChI=1S/C24H35N3O3/c1-15(2)22(26-23(28)17(5)25-16(3)4)24(29)27-12-8-9-19(27)13-18-14-30-21-11-7-6-10-20(18)21/h6-7,10-11,14-17,19,22,25H,8-9,12-13H2,1-5H3,(H,26,28)/t17-,19+,22-/m0/s1. The van der Waals surface area contributed by atoms with E-state index in [0.717, 1.165) is 42.3 Å². The Hall–Kier alpha value is -2.34. The molecule has 0 unspecified atom stereocenters. The molecule has 6 heteroatoms. The van der Waals surface area contributed by atoms with Crippen LogP contribution in [0.4, 0.5) is 0 Å². The van der Waals surface area contributed by atoms with Crippen LogP contribution in [0.25, 0.3) is 11.0 Å². The van der Waals surface area contributed by atoms with Crippen molar-refractivity contribution in [3.63, 3.8) is 0 Å². The summed E-state index contributed by atoms with van der Waals surface area (Å²) in [6.07, 6.45) is 4.53. The molecule has 1 aliphatic rings. The van der Waals surface area contributed by atoms with Gasteiger partial charge in [0, 0.05) is 29.6 Å². The third-order valence-electron chi connectivity index (χ3n) is 5.88. The minimum atomic E-state index is -0.518. The molecule has 1 aromatic heterocycles. The minimum Gasteiger partial charge on any atom is -0.464 e. The fourth-order valence-corrected chi connectivity index (χ4v) is 4.33. The van der Waals surface area contributed by atoms with E-state index in [2.05, 4.69) is 16.7 Å². The molecular weight excluding hydrogens is 378 g/mol. The molecule has 2 aromatic rings. The molecule has 164 valence electrons. The fourth-order valence-electron chi connectivity index (χ4n) is 4.33. The summed E-state index contributed by atoms with van der Waals surface area (Å²) in [5.74, 6) is -0.0959. The van der Waals surface area contributed by atoms with Gasteiger partial charge in [-0.3, -0.25) is 9.59 Å². The van der Waals surface area contributed by atoms with Crippen LogP contribution >= 0.6 is 0 Å². The van der Waals surface area contributed by atoms with Crippen LogP contribution in [0, 0.1) is 5.92 Å². The first-order chi connectivity index (χ1) is 14.3. The Morgan fingerprint density at radius 1 is 1.17 bits per heavy atom. The van der Waals surface area contributed by atoms with Gasteiger partial charge in [0.1, 0.15) is 11.6 Å². The zero-order valence-corrected chi connectivity index (χ0v) is 18.8. The molecule has 1 saturated heterocycles. The lowest BCUT2D eigenvalue weighted by Crippen LogP contribution is -2.56. The van der Waals surface area contributed by atoms with Crippen molar-refractivity contribution in [2.24, 2.45) is 5.92 Å². The zero-order chi connectivity index (χ0) is 21.8. The summed E-state index contributed by atoms with van der Waals surface area (Å²) >= 11 is 0. The van der Waals surface area contributed by atoms with Crippen molar-refractivity contribution in [3.05, 3.63) is 36.1 Å². The predicted octanol–water partition coefficient (Wildman–Crippen LogP) is 3.49. The van der Waals surface area contributed by atoms with Gasteiger partial charge in [0.25, 0.3) is 0 Å². The van der Waals surface area contributed by atoms with Gasteiger partial charge in [-0.25, -0.2) is 0 Å². The second kappa shape index (κ2) is 9.65. The van der Waals surface area contributed by atoms with E-state index < -0.39 is 6.04 Å². The van der Waals surface area contributed by atoms with Crippen LogP contribution < -0.4 is 10.6 Å². The lowest BCUT2D eigenvalue weighted by atomic mass is 9.99. The molecule has 0 saturated carbocycles. The number of furan rings is 1. The Bertz CT molecular complexity index is 873. The number of carbonyl (C=O) groups is 2. The molecule has 0 bridgehead atoms. The van der Waals surface area contributed by atoms with E-state index in [9.17, 15) is 9.59 Å². The normalized spacial score (nSPS) is 18.9. The lowest BCUT2D eigenvalue weighted by molar-refractivity contribution is -0.138. The van der Waals surface area contributed by atoms with Crippen LogP contribution in [0.5, 0.6) is 0 Å². The van der Waals surface area contributed by atoms with Crippen LogP contribution in [0.2, 0.25) is 0 Å². The summed E-state index contributed by atoms with van der Waals surface area (Å²) in [4.78, 5) is 28.0. The molecule has 0 aliphatic carbocycles. The van der Waals surface area contributed by atoms with Gasteiger partial charge in [-0.05, 0) is 38.2 Å². The highest BCUT2D eigenvalue weighted by atomic mass is 16.3. The van der Waals surface area contributed by atoms with E-state index in [1.807, 2.05) is 64.0 Å². The van der Waals surface area contributed by atoms with Gasteiger partial charge in [-0.15, -0.1) is 0 Å². The zero-order valence-electron chi connectivity index (χ0n) is 18.8. The van der Waals surface area contributed by atoms with Crippen LogP contribution in [0.3, 0.4) is 0 Å². The first kappa shape index (κ1) is 22.3. The molecule has 3 atom stereocenters. The number of likely N-dealkylation sites (tertiary alicyclic amines) is 1. The fraction of sp³-hybridized carbons (Fsp3) is 0.583. The Balaban J connectivity index is 1.71. The molecule has 0 spiro atoms. The summed E-state index contributed by atoms with van der Waals surface area (Å²) < 4.78 is 5.68. The van der Waals surface area contributed by atoms with Crippen LogP contribution in [-0.2, 0) is 16.0 Å². The van der Waals surface area contributed by atoms with E-state index in [1.54, 1.807) is 0 Å². The number of para-hydroxylation sites is 1. The first-order valence-electron chi connectivity index (χ1n) is 11.1. The van der Waals surface area contributed by atoms with Gasteiger partial charge in [-0.2, -0.15) is 0 Å². The SMILES string of the molecule is CC(C)N[C@@H](C)C(=O)N[C@H](C(=O)N1CCC[C@@H]1Cc1coc2ccccc12)C(C)C. The van der Waals surface area contributed by atoms with Gasteiger partial charge in [0.15, 0.2) is 0 Å². The Morgan fingerprint density at radius 3 is 2.60 bits per heavy atom. The number of amides is 2. The van der Waals surface area contributed by atoms with E-state index in [1.165, 1.54) is 0 Å². The third-order valence-corrected chi connectivity index (χ3v) is 5.88. The maximum atomic E-state index is 13.4. The molecule has 2 N–H and O–H groups in total. The number of carbonyl (C=O) groups excluding carboxylic acids is 2. The number of nitrogens with zero attached hydrogens (tertiary/aromatic N) is 1. The summed E-state index contributed by atoms with van der Waals surface area (Å²) in [6.45, 7) is 10.5. The number of hydrogen-bond donors (Lipinski definition) is 2. The van der Waals surface area contributed by atoms with Crippen LogP contribution in [0.15, 0.2) is 34.9 Å². The maximum absolute atomic E-state index is 13.4. The van der Waals surface area contributed by atoms with Gasteiger partial charge < -0.3 is 20.0 Å². The highest BCUT2D eigenvalue weighted by Gasteiger charge is 2.36.